The molecule has 0 aromatic heterocycles. The van der Waals surface area contributed by atoms with Gasteiger partial charge in [-0.15, -0.1) is 0 Å². The third kappa shape index (κ3) is 5.94. The summed E-state index contributed by atoms with van der Waals surface area (Å²) in [6, 6.07) is 12.4. The predicted octanol–water partition coefficient (Wildman–Crippen LogP) is 2.96. The lowest BCUT2D eigenvalue weighted by molar-refractivity contribution is -0.384. The Morgan fingerprint density at radius 3 is 2.32 bits per heavy atom. The highest BCUT2D eigenvalue weighted by Gasteiger charge is 2.06. The Balaban J connectivity index is 1.80. The smallest absolute Gasteiger partial charge is 0.269 e. The number of anilines is 2. The van der Waals surface area contributed by atoms with Crippen LogP contribution in [0.25, 0.3) is 0 Å². The Morgan fingerprint density at radius 1 is 1.08 bits per heavy atom. The van der Waals surface area contributed by atoms with Crippen molar-refractivity contribution in [1.82, 2.24) is 0 Å². The van der Waals surface area contributed by atoms with Crippen molar-refractivity contribution >= 4 is 28.9 Å². The van der Waals surface area contributed by atoms with E-state index in [4.69, 9.17) is 4.74 Å². The summed E-state index contributed by atoms with van der Waals surface area (Å²) in [4.78, 5) is 33.0. The zero-order valence-corrected chi connectivity index (χ0v) is 13.5. The maximum Gasteiger partial charge on any atom is 0.269 e. The number of nitrogens with zero attached hydrogens (tertiary/aromatic N) is 1. The highest BCUT2D eigenvalue weighted by molar-refractivity contribution is 5.93. The van der Waals surface area contributed by atoms with Gasteiger partial charge in [0.05, 0.1) is 18.0 Å². The van der Waals surface area contributed by atoms with Gasteiger partial charge in [-0.05, 0) is 30.3 Å². The maximum absolute atomic E-state index is 11.9. The minimum atomic E-state index is -0.494. The lowest BCUT2D eigenvalue weighted by atomic mass is 10.2. The fourth-order valence-electron chi connectivity index (χ4n) is 2.03. The van der Waals surface area contributed by atoms with Gasteiger partial charge in [0.2, 0.25) is 11.8 Å². The summed E-state index contributed by atoms with van der Waals surface area (Å²) in [6.45, 7) is 1.54. The lowest BCUT2D eigenvalue weighted by Crippen LogP contribution is -2.15. The number of amides is 2. The van der Waals surface area contributed by atoms with Crippen LogP contribution in [-0.2, 0) is 9.59 Å². The van der Waals surface area contributed by atoms with Crippen molar-refractivity contribution in [2.24, 2.45) is 0 Å². The molecule has 0 unspecified atom stereocenters. The van der Waals surface area contributed by atoms with E-state index in [1.165, 1.54) is 31.2 Å². The molecule has 0 bridgehead atoms. The van der Waals surface area contributed by atoms with Gasteiger partial charge < -0.3 is 15.4 Å². The number of non-ortho nitro benzene ring substituents is 1. The van der Waals surface area contributed by atoms with E-state index in [2.05, 4.69) is 10.6 Å². The van der Waals surface area contributed by atoms with Crippen LogP contribution < -0.4 is 15.4 Å². The van der Waals surface area contributed by atoms with Crippen LogP contribution in [0.3, 0.4) is 0 Å². The molecular formula is C17H17N3O5. The first-order chi connectivity index (χ1) is 11.9. The molecule has 0 heterocycles. The van der Waals surface area contributed by atoms with Crippen LogP contribution in [0, 0.1) is 10.1 Å². The molecule has 0 saturated carbocycles. The van der Waals surface area contributed by atoms with Gasteiger partial charge in [-0.25, -0.2) is 0 Å². The fraction of sp³-hybridized carbons (Fsp3) is 0.176. The topological polar surface area (TPSA) is 111 Å². The molecule has 0 aliphatic heterocycles. The first-order valence-electron chi connectivity index (χ1n) is 7.49. The molecule has 2 aromatic carbocycles. The van der Waals surface area contributed by atoms with E-state index in [1.54, 1.807) is 24.3 Å². The summed E-state index contributed by atoms with van der Waals surface area (Å²) in [6.07, 6.45) is 0.112. The molecule has 0 aliphatic rings. The Hall–Kier alpha value is -3.42. The molecule has 2 N–H and O–H groups in total. The zero-order valence-electron chi connectivity index (χ0n) is 13.5. The molecule has 2 aromatic rings. The molecule has 25 heavy (non-hydrogen) atoms. The maximum atomic E-state index is 11.9. The number of nitro benzene ring substituents is 1. The van der Waals surface area contributed by atoms with E-state index in [0.717, 1.165) is 0 Å². The molecule has 2 rings (SSSR count). The Bertz CT molecular complexity index is 774. The van der Waals surface area contributed by atoms with E-state index < -0.39 is 4.92 Å². The normalized spacial score (nSPS) is 9.96. The number of hydrogen-bond donors (Lipinski definition) is 2. The minimum absolute atomic E-state index is 0.0239. The molecule has 0 radical (unpaired) electrons. The summed E-state index contributed by atoms with van der Waals surface area (Å²) in [5.74, 6) is 0.00733. The average molecular weight is 343 g/mol. The molecule has 0 saturated heterocycles. The number of carbonyl (C=O) groups excluding carboxylic acids is 2. The second-order valence-corrected chi connectivity index (χ2v) is 5.16. The lowest BCUT2D eigenvalue weighted by Gasteiger charge is -2.09. The summed E-state index contributed by atoms with van der Waals surface area (Å²) in [7, 11) is 0. The van der Waals surface area contributed by atoms with Crippen LogP contribution in [0.1, 0.15) is 13.3 Å². The quantitative estimate of drug-likeness (QED) is 0.593. The molecule has 0 aliphatic carbocycles. The summed E-state index contributed by atoms with van der Waals surface area (Å²) in [5, 5.41) is 15.9. The first-order valence-corrected chi connectivity index (χ1v) is 7.49. The Labute approximate surface area is 144 Å². The van der Waals surface area contributed by atoms with Crippen LogP contribution >= 0.6 is 0 Å². The number of ether oxygens (including phenoxy) is 1. The van der Waals surface area contributed by atoms with E-state index in [9.17, 15) is 19.7 Å². The molecule has 8 nitrogen and oxygen atoms in total. The van der Waals surface area contributed by atoms with Crippen molar-refractivity contribution < 1.29 is 19.2 Å². The predicted molar refractivity (Wildman–Crippen MR) is 92.6 cm³/mol. The number of carbonyl (C=O) groups is 2. The van der Waals surface area contributed by atoms with Crippen molar-refractivity contribution in [3.63, 3.8) is 0 Å². The van der Waals surface area contributed by atoms with Crippen LogP contribution in [0.4, 0.5) is 17.1 Å². The third-order valence-electron chi connectivity index (χ3n) is 3.11. The number of hydrogen-bond acceptors (Lipinski definition) is 5. The van der Waals surface area contributed by atoms with Crippen LogP contribution in [0.5, 0.6) is 5.75 Å². The molecule has 0 fully saturated rings. The Kier molecular flexibility index (Phi) is 6.05. The van der Waals surface area contributed by atoms with Crippen molar-refractivity contribution in [2.75, 3.05) is 17.2 Å². The number of rotatable bonds is 7. The summed E-state index contributed by atoms with van der Waals surface area (Å²) >= 11 is 0. The molecule has 0 atom stereocenters. The van der Waals surface area contributed by atoms with E-state index in [-0.39, 0.29) is 30.5 Å². The monoisotopic (exact) mass is 343 g/mol. The average Bonchev–Trinajstić information content (AvgIpc) is 2.55. The Morgan fingerprint density at radius 2 is 1.72 bits per heavy atom. The number of nitro groups is 1. The third-order valence-corrected chi connectivity index (χ3v) is 3.11. The number of benzene rings is 2. The molecule has 2 amide bonds. The highest BCUT2D eigenvalue weighted by Crippen LogP contribution is 2.18. The SMILES string of the molecule is CC(=O)Nc1cccc(NC(=O)CCOc2ccc([N+](=O)[O-])cc2)c1. The second-order valence-electron chi connectivity index (χ2n) is 5.16. The second kappa shape index (κ2) is 8.44. The largest absolute Gasteiger partial charge is 0.493 e. The molecule has 0 spiro atoms. The van der Waals surface area contributed by atoms with Crippen LogP contribution in [-0.4, -0.2) is 23.3 Å². The van der Waals surface area contributed by atoms with Crippen molar-refractivity contribution in [2.45, 2.75) is 13.3 Å². The van der Waals surface area contributed by atoms with E-state index >= 15 is 0 Å². The van der Waals surface area contributed by atoms with E-state index in [0.29, 0.717) is 17.1 Å². The van der Waals surface area contributed by atoms with Gasteiger partial charge in [0.25, 0.3) is 5.69 Å². The standard InChI is InChI=1S/C17H17N3O5/c1-12(21)18-13-3-2-4-14(11-13)19-17(22)9-10-25-16-7-5-15(6-8-16)20(23)24/h2-8,11H,9-10H2,1H3,(H,18,21)(H,19,22). The molecule has 8 heteroatoms. The van der Waals surface area contributed by atoms with Gasteiger partial charge in [0.15, 0.2) is 0 Å². The molecule has 130 valence electrons. The van der Waals surface area contributed by atoms with Crippen LogP contribution in [0.15, 0.2) is 48.5 Å². The van der Waals surface area contributed by atoms with Crippen LogP contribution in [0.2, 0.25) is 0 Å². The summed E-state index contributed by atoms with van der Waals surface area (Å²) < 4.78 is 5.39. The van der Waals surface area contributed by atoms with E-state index in [1.807, 2.05) is 0 Å². The highest BCUT2D eigenvalue weighted by atomic mass is 16.6. The first kappa shape index (κ1) is 17.9. The van der Waals surface area contributed by atoms with Gasteiger partial charge in [-0.3, -0.25) is 19.7 Å². The minimum Gasteiger partial charge on any atom is -0.493 e. The van der Waals surface area contributed by atoms with Gasteiger partial charge in [-0.1, -0.05) is 6.07 Å². The van der Waals surface area contributed by atoms with Gasteiger partial charge in [-0.2, -0.15) is 0 Å². The number of nitrogens with one attached hydrogen (secondary N) is 2. The fourth-order valence-corrected chi connectivity index (χ4v) is 2.03. The zero-order chi connectivity index (χ0) is 18.2. The van der Waals surface area contributed by atoms with Crippen molar-refractivity contribution in [3.05, 3.63) is 58.6 Å². The molecular weight excluding hydrogens is 326 g/mol. The summed E-state index contributed by atoms with van der Waals surface area (Å²) in [5.41, 5.74) is 1.13. The van der Waals surface area contributed by atoms with Gasteiger partial charge in [0.1, 0.15) is 5.75 Å². The van der Waals surface area contributed by atoms with Gasteiger partial charge >= 0.3 is 0 Å². The van der Waals surface area contributed by atoms with Crippen molar-refractivity contribution in [1.29, 1.82) is 0 Å². The van der Waals surface area contributed by atoms with Crippen molar-refractivity contribution in [3.8, 4) is 5.75 Å². The van der Waals surface area contributed by atoms with Gasteiger partial charge in [0, 0.05) is 30.4 Å².